The molecule has 0 spiro atoms. The number of rotatable bonds is 6. The summed E-state index contributed by atoms with van der Waals surface area (Å²) >= 11 is 2.30. The fourth-order valence-corrected chi connectivity index (χ4v) is 8.21. The number of H-pyrrole nitrogens is 1. The molecule has 40 heavy (non-hydrogen) atoms. The van der Waals surface area contributed by atoms with Crippen LogP contribution in [0.1, 0.15) is 41.2 Å². The third-order valence-corrected chi connectivity index (χ3v) is 10.1. The first-order valence-electron chi connectivity index (χ1n) is 13.3. The minimum atomic E-state index is -0.699. The molecule has 1 N–H and O–H groups in total. The molecular formula is C29H29N3O6S2. The molecule has 0 bridgehead atoms. The Morgan fingerprint density at radius 2 is 1.75 bits per heavy atom. The first-order chi connectivity index (χ1) is 19.4. The molecule has 2 aromatic carbocycles. The summed E-state index contributed by atoms with van der Waals surface area (Å²) in [5, 5.41) is -0.0692. The molecule has 3 atom stereocenters. The molecule has 3 aliphatic rings. The molecule has 9 nitrogen and oxygen atoms in total. The molecule has 0 aliphatic carbocycles. The van der Waals surface area contributed by atoms with Crippen LogP contribution in [0.4, 0.5) is 5.69 Å². The molecule has 2 saturated heterocycles. The van der Waals surface area contributed by atoms with Gasteiger partial charge < -0.3 is 19.4 Å². The van der Waals surface area contributed by atoms with Crippen molar-refractivity contribution in [1.29, 1.82) is 0 Å². The van der Waals surface area contributed by atoms with E-state index < -0.39 is 17.1 Å². The molecular weight excluding hydrogens is 550 g/mol. The van der Waals surface area contributed by atoms with Crippen molar-refractivity contribution in [1.82, 2.24) is 9.88 Å². The summed E-state index contributed by atoms with van der Waals surface area (Å²) in [5.41, 5.74) is 2.29. The number of aromatic amines is 1. The van der Waals surface area contributed by atoms with Gasteiger partial charge >= 0.3 is 4.87 Å². The van der Waals surface area contributed by atoms with E-state index in [0.29, 0.717) is 22.2 Å². The predicted molar refractivity (Wildman–Crippen MR) is 153 cm³/mol. The van der Waals surface area contributed by atoms with Gasteiger partial charge in [0.15, 0.2) is 18.1 Å². The van der Waals surface area contributed by atoms with Crippen molar-refractivity contribution in [3.05, 3.63) is 68.1 Å². The van der Waals surface area contributed by atoms with Crippen molar-refractivity contribution < 1.29 is 23.9 Å². The normalized spacial score (nSPS) is 22.2. The van der Waals surface area contributed by atoms with Crippen LogP contribution in [0, 0.1) is 12.8 Å². The molecule has 2 fully saturated rings. The van der Waals surface area contributed by atoms with E-state index in [0.717, 1.165) is 59.7 Å². The summed E-state index contributed by atoms with van der Waals surface area (Å²) in [5.74, 6) is -1.06. The van der Waals surface area contributed by atoms with Gasteiger partial charge in [-0.15, -0.1) is 0 Å². The summed E-state index contributed by atoms with van der Waals surface area (Å²) in [6, 6.07) is 12.6. The highest BCUT2D eigenvalue weighted by atomic mass is 32.2. The number of methoxy groups -OCH3 is 1. The van der Waals surface area contributed by atoms with Crippen molar-refractivity contribution in [2.45, 2.75) is 42.4 Å². The van der Waals surface area contributed by atoms with Crippen LogP contribution >= 0.6 is 23.1 Å². The molecule has 6 rings (SSSR count). The van der Waals surface area contributed by atoms with E-state index in [2.05, 4.69) is 4.98 Å². The Bertz CT molecular complexity index is 1530. The highest BCUT2D eigenvalue weighted by molar-refractivity contribution is 8.00. The second-order valence-electron chi connectivity index (χ2n) is 10.2. The van der Waals surface area contributed by atoms with Gasteiger partial charge in [0.05, 0.1) is 23.7 Å². The Morgan fingerprint density at radius 1 is 1.00 bits per heavy atom. The monoisotopic (exact) mass is 579 g/mol. The average Bonchev–Trinajstić information content (AvgIpc) is 3.46. The number of thiazole rings is 1. The summed E-state index contributed by atoms with van der Waals surface area (Å²) < 4.78 is 11.5. The topological polar surface area (TPSA) is 109 Å². The number of imide groups is 1. The Labute approximate surface area is 239 Å². The number of ether oxygens (including phenoxy) is 2. The lowest BCUT2D eigenvalue weighted by atomic mass is 9.83. The lowest BCUT2D eigenvalue weighted by Gasteiger charge is -2.30. The Hall–Kier alpha value is -3.57. The Balaban J connectivity index is 1.32. The number of aromatic nitrogens is 1. The first-order valence-corrected chi connectivity index (χ1v) is 15.0. The molecule has 3 aromatic rings. The van der Waals surface area contributed by atoms with Crippen molar-refractivity contribution in [2.24, 2.45) is 5.92 Å². The number of benzene rings is 2. The van der Waals surface area contributed by atoms with E-state index in [4.69, 9.17) is 9.47 Å². The average molecular weight is 580 g/mol. The number of likely N-dealkylation sites (tertiary alicyclic amines) is 1. The molecule has 3 amide bonds. The van der Waals surface area contributed by atoms with E-state index >= 15 is 0 Å². The van der Waals surface area contributed by atoms with Gasteiger partial charge in [0, 0.05) is 23.9 Å². The van der Waals surface area contributed by atoms with Gasteiger partial charge in [0.2, 0.25) is 11.8 Å². The molecule has 0 saturated carbocycles. The second-order valence-corrected chi connectivity index (χ2v) is 12.4. The van der Waals surface area contributed by atoms with Crippen molar-refractivity contribution >= 4 is 46.5 Å². The fraction of sp³-hybridized carbons (Fsp3) is 0.379. The lowest BCUT2D eigenvalue weighted by Crippen LogP contribution is -2.38. The van der Waals surface area contributed by atoms with Crippen molar-refractivity contribution in [2.75, 3.05) is 31.7 Å². The largest absolute Gasteiger partial charge is 0.493 e. The quantitative estimate of drug-likeness (QED) is 0.441. The zero-order chi connectivity index (χ0) is 28.0. The number of piperidine rings is 1. The highest BCUT2D eigenvalue weighted by Gasteiger charge is 2.56. The van der Waals surface area contributed by atoms with E-state index in [1.165, 1.54) is 23.8 Å². The van der Waals surface area contributed by atoms with E-state index in [-0.39, 0.29) is 29.2 Å². The van der Waals surface area contributed by atoms with E-state index in [1.807, 2.05) is 30.0 Å². The standard InChI is InChI=1S/C29H29N3O6S2/c1-16-6-9-18(10-7-16)32-27(34)23-22(24-26(30-29(36)40-24)39-25(23)28(32)35)17-8-11-19(20(14-17)37-2)38-15-21(33)31-12-4-3-5-13-31/h6-11,14,22-23,25H,3-5,12-13,15H2,1-2H3,(H,30,36)/t22-,23-,25+/m0/s1. The third kappa shape index (κ3) is 4.71. The SMILES string of the molecule is COc1cc([C@@H]2c3sc(=O)[nH]c3S[C@H]3C(=O)N(c4ccc(C)cc4)C(=O)[C@@H]23)ccc1OCC(=O)N1CCCCC1. The molecule has 0 radical (unpaired) electrons. The number of hydrogen-bond acceptors (Lipinski definition) is 8. The van der Waals surface area contributed by atoms with Gasteiger partial charge in [0.25, 0.3) is 5.91 Å². The Morgan fingerprint density at radius 3 is 2.48 bits per heavy atom. The summed E-state index contributed by atoms with van der Waals surface area (Å²) in [7, 11) is 1.52. The molecule has 11 heteroatoms. The number of carbonyl (C=O) groups is 3. The minimum absolute atomic E-state index is 0.0639. The number of carbonyl (C=O) groups excluding carboxylic acids is 3. The van der Waals surface area contributed by atoms with Crippen LogP contribution in [0.3, 0.4) is 0 Å². The maximum atomic E-state index is 13.9. The van der Waals surface area contributed by atoms with Crippen molar-refractivity contribution in [3.63, 3.8) is 0 Å². The summed E-state index contributed by atoms with van der Waals surface area (Å²) in [4.78, 5) is 58.9. The molecule has 0 unspecified atom stereocenters. The van der Waals surface area contributed by atoms with Crippen LogP contribution < -0.4 is 19.2 Å². The predicted octanol–water partition coefficient (Wildman–Crippen LogP) is 3.94. The molecule has 4 heterocycles. The number of nitrogens with one attached hydrogen (secondary N) is 1. The van der Waals surface area contributed by atoms with Gasteiger partial charge in [-0.25, -0.2) is 4.90 Å². The van der Waals surface area contributed by atoms with E-state index in [1.54, 1.807) is 24.3 Å². The number of nitrogens with zero attached hydrogens (tertiary/aromatic N) is 2. The number of amides is 3. The Kier molecular flexibility index (Phi) is 7.18. The molecule has 208 valence electrons. The van der Waals surface area contributed by atoms with Crippen LogP contribution in [0.15, 0.2) is 52.3 Å². The van der Waals surface area contributed by atoms with E-state index in [9.17, 15) is 19.2 Å². The summed E-state index contributed by atoms with van der Waals surface area (Å²) in [6.45, 7) is 3.34. The minimum Gasteiger partial charge on any atom is -0.493 e. The van der Waals surface area contributed by atoms with Gasteiger partial charge in [-0.3, -0.25) is 19.2 Å². The van der Waals surface area contributed by atoms with Crippen LogP contribution in [-0.2, 0) is 14.4 Å². The number of anilines is 1. The maximum absolute atomic E-state index is 13.9. The van der Waals surface area contributed by atoms with Crippen molar-refractivity contribution in [3.8, 4) is 11.5 Å². The highest BCUT2D eigenvalue weighted by Crippen LogP contribution is 2.53. The molecule has 3 aliphatic heterocycles. The number of aryl methyl sites for hydroxylation is 1. The number of thioether (sulfide) groups is 1. The smallest absolute Gasteiger partial charge is 0.305 e. The van der Waals surface area contributed by atoms with Crippen LogP contribution in [-0.4, -0.2) is 59.7 Å². The van der Waals surface area contributed by atoms with Gasteiger partial charge in [0.1, 0.15) is 5.25 Å². The van der Waals surface area contributed by atoms with Crippen LogP contribution in [0.2, 0.25) is 0 Å². The lowest BCUT2D eigenvalue weighted by molar-refractivity contribution is -0.134. The number of fused-ring (bicyclic) bond motifs is 2. The fourth-order valence-electron chi connectivity index (χ4n) is 5.70. The maximum Gasteiger partial charge on any atom is 0.305 e. The van der Waals surface area contributed by atoms with Gasteiger partial charge in [-0.1, -0.05) is 46.9 Å². The summed E-state index contributed by atoms with van der Waals surface area (Å²) in [6.07, 6.45) is 3.14. The zero-order valence-corrected chi connectivity index (χ0v) is 23.8. The third-order valence-electron chi connectivity index (χ3n) is 7.72. The van der Waals surface area contributed by atoms with Crippen LogP contribution in [0.25, 0.3) is 0 Å². The first kappa shape index (κ1) is 26.6. The van der Waals surface area contributed by atoms with Crippen LogP contribution in [0.5, 0.6) is 11.5 Å². The van der Waals surface area contributed by atoms with Gasteiger partial charge in [-0.2, -0.15) is 0 Å². The zero-order valence-electron chi connectivity index (χ0n) is 22.2. The second kappa shape index (κ2) is 10.8. The van der Waals surface area contributed by atoms with Gasteiger partial charge in [-0.05, 0) is 56.0 Å². The number of hydrogen-bond donors (Lipinski definition) is 1. The molecule has 1 aromatic heterocycles.